The molecule has 4 aliphatic rings. The van der Waals surface area contributed by atoms with Crippen molar-refractivity contribution in [3.63, 3.8) is 0 Å². The summed E-state index contributed by atoms with van der Waals surface area (Å²) in [5, 5.41) is 28.9. The van der Waals surface area contributed by atoms with Crippen molar-refractivity contribution in [2.45, 2.75) is 57.6 Å². The van der Waals surface area contributed by atoms with E-state index in [1.807, 2.05) is 68.6 Å². The molecule has 344 valence electrons. The van der Waals surface area contributed by atoms with Crippen LogP contribution in [0.5, 0.6) is 40.2 Å². The van der Waals surface area contributed by atoms with Gasteiger partial charge in [-0.2, -0.15) is 5.10 Å². The maximum absolute atomic E-state index is 14.1. The number of amides is 1. The summed E-state index contributed by atoms with van der Waals surface area (Å²) in [5.74, 6) is 0.718. The molecule has 0 saturated carbocycles. The lowest BCUT2D eigenvalue weighted by atomic mass is 9.66. The SMILES string of the molecule is COc1cc([C@@H]2c3cc4c(cc3[C@H](OC(=O)N3CCC(CCn5ccc6cc(-n7c(-c8cc(C(C)C)c(O)cc8O)n[nH]c7=O)ccc65)CC3)[C@H]3COC(=O)[C@H]23)OCO4)cc(OC)c1OC. The van der Waals surface area contributed by atoms with Crippen molar-refractivity contribution in [2.75, 3.05) is 47.8 Å². The number of fused-ring (bicyclic) bond motifs is 4. The molecular weight excluding hydrogens is 851 g/mol. The molecule has 2 saturated heterocycles. The first-order valence-electron chi connectivity index (χ1n) is 22.1. The summed E-state index contributed by atoms with van der Waals surface area (Å²) in [6, 6.07) is 18.1. The van der Waals surface area contributed by atoms with E-state index in [-0.39, 0.29) is 42.6 Å². The number of esters is 1. The average Bonchev–Trinajstić information content (AvgIpc) is 4.13. The zero-order valence-corrected chi connectivity index (χ0v) is 37.2. The quantitative estimate of drug-likeness (QED) is 0.109. The van der Waals surface area contributed by atoms with Crippen molar-refractivity contribution in [1.29, 1.82) is 0 Å². The second-order valence-corrected chi connectivity index (χ2v) is 17.6. The minimum atomic E-state index is -0.784. The van der Waals surface area contributed by atoms with E-state index in [4.69, 9.17) is 33.2 Å². The molecule has 1 amide bonds. The van der Waals surface area contributed by atoms with Gasteiger partial charge < -0.3 is 52.8 Å². The fraction of sp³-hybridized carbons (Fsp3) is 0.388. The Morgan fingerprint density at radius 3 is 2.30 bits per heavy atom. The number of ether oxygens (including phenoxy) is 7. The first kappa shape index (κ1) is 42.6. The van der Waals surface area contributed by atoms with E-state index in [0.717, 1.165) is 53.4 Å². The van der Waals surface area contributed by atoms with Crippen LogP contribution in [0.15, 0.2) is 71.7 Å². The molecule has 6 aromatic rings. The van der Waals surface area contributed by atoms with Crippen molar-refractivity contribution >= 4 is 23.0 Å². The van der Waals surface area contributed by atoms with Crippen LogP contribution in [-0.2, 0) is 20.8 Å². The molecule has 3 aliphatic heterocycles. The Morgan fingerprint density at radius 1 is 0.879 bits per heavy atom. The van der Waals surface area contributed by atoms with Gasteiger partial charge in [-0.3, -0.25) is 4.79 Å². The monoisotopic (exact) mass is 901 g/mol. The van der Waals surface area contributed by atoms with Gasteiger partial charge in [-0.1, -0.05) is 13.8 Å². The Morgan fingerprint density at radius 2 is 1.61 bits per heavy atom. The highest BCUT2D eigenvalue weighted by Crippen LogP contribution is 2.57. The van der Waals surface area contributed by atoms with Crippen molar-refractivity contribution < 1.29 is 53.0 Å². The van der Waals surface area contributed by atoms with Crippen LogP contribution in [0.25, 0.3) is 28.0 Å². The van der Waals surface area contributed by atoms with Gasteiger partial charge in [0.2, 0.25) is 12.5 Å². The summed E-state index contributed by atoms with van der Waals surface area (Å²) in [5.41, 5.74) is 4.31. The second-order valence-electron chi connectivity index (χ2n) is 17.6. The lowest BCUT2D eigenvalue weighted by Crippen LogP contribution is -2.42. The van der Waals surface area contributed by atoms with E-state index >= 15 is 0 Å². The normalized spacial score (nSPS) is 20.0. The molecule has 10 rings (SSSR count). The van der Waals surface area contributed by atoms with E-state index in [1.165, 1.54) is 17.7 Å². The molecule has 4 aromatic carbocycles. The number of methoxy groups -OCH3 is 3. The standard InChI is InChI=1S/C49H51N5O12/c1-25(2)30-19-33(37(56)22-36(30)55)46-50-51-48(58)54(46)29-6-7-35-27(16-29)11-15-52(35)12-8-26-9-13-53(14-10-26)49(59)66-44-32-21-39-38(64-24-65-39)20-31(32)42(43-34(44)23-63-47(43)57)28-17-40(60-3)45(62-5)41(18-28)61-4/h6-7,11,15-22,25-26,34,42-44,55-56H,8-10,12-14,23-24H2,1-5H3,(H,51,58)/t34-,42+,43-,44-/m0/s1. The third-order valence-corrected chi connectivity index (χ3v) is 13.7. The maximum atomic E-state index is 14.1. The molecule has 1 aliphatic carbocycles. The van der Waals surface area contributed by atoms with Crippen molar-refractivity contribution in [1.82, 2.24) is 24.2 Å². The third kappa shape index (κ3) is 7.26. The Kier molecular flexibility index (Phi) is 10.9. The largest absolute Gasteiger partial charge is 0.508 e. The summed E-state index contributed by atoms with van der Waals surface area (Å²) in [4.78, 5) is 42.6. The van der Waals surface area contributed by atoms with Gasteiger partial charge in [0.05, 0.1) is 45.1 Å². The number of aromatic hydroxyl groups is 2. The van der Waals surface area contributed by atoms with E-state index in [1.54, 1.807) is 25.2 Å². The number of phenolic OH excluding ortho intramolecular Hbond substituents is 2. The number of carbonyl (C=O) groups excluding carboxylic acids is 2. The van der Waals surface area contributed by atoms with Crippen LogP contribution in [0.2, 0.25) is 0 Å². The molecule has 0 radical (unpaired) electrons. The molecule has 2 aromatic heterocycles. The fourth-order valence-corrected chi connectivity index (χ4v) is 10.3. The van der Waals surface area contributed by atoms with E-state index in [0.29, 0.717) is 64.6 Å². The zero-order chi connectivity index (χ0) is 46.0. The number of H-pyrrole nitrogens is 1. The number of hydrogen-bond donors (Lipinski definition) is 3. The zero-order valence-electron chi connectivity index (χ0n) is 37.2. The second kappa shape index (κ2) is 16.9. The van der Waals surface area contributed by atoms with Crippen molar-refractivity contribution in [3.05, 3.63) is 99.6 Å². The molecule has 5 heterocycles. The summed E-state index contributed by atoms with van der Waals surface area (Å²) < 4.78 is 44.3. The Bertz CT molecular complexity index is 2900. The minimum absolute atomic E-state index is 0.0229. The average molecular weight is 902 g/mol. The van der Waals surface area contributed by atoms with Crippen LogP contribution in [0.1, 0.15) is 73.3 Å². The number of likely N-dealkylation sites (tertiary alicyclic amines) is 1. The Balaban J connectivity index is 0.830. The van der Waals surface area contributed by atoms with Gasteiger partial charge in [-0.05, 0) is 102 Å². The molecular formula is C49H51N5O12. The van der Waals surface area contributed by atoms with Crippen LogP contribution in [0, 0.1) is 17.8 Å². The van der Waals surface area contributed by atoms with Crippen molar-refractivity contribution in [3.8, 4) is 57.3 Å². The number of carbonyl (C=O) groups is 2. The van der Waals surface area contributed by atoms with Gasteiger partial charge in [0, 0.05) is 60.2 Å². The number of cyclic esters (lactones) is 1. The highest BCUT2D eigenvalue weighted by molar-refractivity contribution is 5.83. The molecule has 3 N–H and O–H groups in total. The number of phenols is 2. The first-order valence-corrected chi connectivity index (χ1v) is 22.1. The third-order valence-electron chi connectivity index (χ3n) is 13.7. The van der Waals surface area contributed by atoms with Gasteiger partial charge in [0.1, 0.15) is 17.6 Å². The number of rotatable bonds is 11. The van der Waals surface area contributed by atoms with Gasteiger partial charge in [-0.15, -0.1) is 0 Å². The minimum Gasteiger partial charge on any atom is -0.508 e. The fourth-order valence-electron chi connectivity index (χ4n) is 10.3. The number of benzene rings is 4. The number of aromatic amines is 1. The molecule has 17 nitrogen and oxygen atoms in total. The summed E-state index contributed by atoms with van der Waals surface area (Å²) >= 11 is 0. The number of hydrogen-bond acceptors (Lipinski definition) is 13. The summed E-state index contributed by atoms with van der Waals surface area (Å²) in [7, 11) is 4.62. The molecule has 17 heteroatoms. The lowest BCUT2D eigenvalue weighted by molar-refractivity contribution is -0.141. The van der Waals surface area contributed by atoms with Gasteiger partial charge in [-0.25, -0.2) is 19.3 Å². The van der Waals surface area contributed by atoms with Gasteiger partial charge >= 0.3 is 17.8 Å². The maximum Gasteiger partial charge on any atom is 0.410 e. The first-order chi connectivity index (χ1) is 32.0. The van der Waals surface area contributed by atoms with Crippen LogP contribution in [-0.4, -0.2) is 94.3 Å². The predicted molar refractivity (Wildman–Crippen MR) is 239 cm³/mol. The number of aryl methyl sites for hydroxylation is 1. The van der Waals surface area contributed by atoms with Crippen LogP contribution in [0.4, 0.5) is 4.79 Å². The lowest BCUT2D eigenvalue weighted by Gasteiger charge is -2.40. The predicted octanol–water partition coefficient (Wildman–Crippen LogP) is 7.39. The summed E-state index contributed by atoms with van der Waals surface area (Å²) in [6.07, 6.45) is 3.29. The molecule has 0 bridgehead atoms. The van der Waals surface area contributed by atoms with Crippen LogP contribution < -0.4 is 29.4 Å². The van der Waals surface area contributed by atoms with Gasteiger partial charge in [0.25, 0.3) is 0 Å². The number of nitrogens with one attached hydrogen (secondary N) is 1. The molecule has 66 heavy (non-hydrogen) atoms. The Labute approximate surface area is 379 Å². The molecule has 0 spiro atoms. The van der Waals surface area contributed by atoms with Crippen molar-refractivity contribution in [2.24, 2.45) is 17.8 Å². The summed E-state index contributed by atoms with van der Waals surface area (Å²) in [6.45, 7) is 5.80. The van der Waals surface area contributed by atoms with E-state index in [9.17, 15) is 24.6 Å². The smallest absolute Gasteiger partial charge is 0.410 e. The van der Waals surface area contributed by atoms with Crippen LogP contribution in [0.3, 0.4) is 0 Å². The highest BCUT2D eigenvalue weighted by atomic mass is 16.7. The number of aromatic nitrogens is 4. The van der Waals surface area contributed by atoms with Crippen LogP contribution >= 0.6 is 0 Å². The topological polar surface area (TPSA) is 198 Å². The Hall–Kier alpha value is -7.30. The number of piperidine rings is 1. The molecule has 4 atom stereocenters. The molecule has 0 unspecified atom stereocenters. The molecule has 2 fully saturated rings. The van der Waals surface area contributed by atoms with E-state index in [2.05, 4.69) is 14.8 Å². The number of nitrogens with zero attached hydrogens (tertiary/aromatic N) is 4. The van der Waals surface area contributed by atoms with Gasteiger partial charge in [0.15, 0.2) is 28.8 Å². The highest BCUT2D eigenvalue weighted by Gasteiger charge is 2.54. The van der Waals surface area contributed by atoms with E-state index < -0.39 is 35.6 Å².